The van der Waals surface area contributed by atoms with Crippen molar-refractivity contribution in [2.24, 2.45) is 13.0 Å². The number of aromatic nitrogens is 3. The van der Waals surface area contributed by atoms with Crippen molar-refractivity contribution < 1.29 is 8.42 Å². The highest BCUT2D eigenvalue weighted by Gasteiger charge is 2.30. The van der Waals surface area contributed by atoms with Crippen molar-refractivity contribution in [1.82, 2.24) is 19.1 Å². The third-order valence-corrected chi connectivity index (χ3v) is 6.47. The number of nitrogens with zero attached hydrogens (tertiary/aromatic N) is 5. The van der Waals surface area contributed by atoms with E-state index in [9.17, 15) is 8.42 Å². The van der Waals surface area contributed by atoms with E-state index in [-0.39, 0.29) is 17.9 Å². The predicted octanol–water partition coefficient (Wildman–Crippen LogP) is 1.98. The van der Waals surface area contributed by atoms with E-state index in [0.29, 0.717) is 18.1 Å². The molecule has 8 heteroatoms. The van der Waals surface area contributed by atoms with E-state index < -0.39 is 10.0 Å². The average Bonchev–Trinajstić information content (AvgIpc) is 2.79. The van der Waals surface area contributed by atoms with Crippen LogP contribution in [0.5, 0.6) is 0 Å². The highest BCUT2D eigenvalue weighted by atomic mass is 32.2. The van der Waals surface area contributed by atoms with E-state index in [0.717, 1.165) is 30.3 Å². The van der Waals surface area contributed by atoms with Gasteiger partial charge in [-0.3, -0.25) is 4.68 Å². The summed E-state index contributed by atoms with van der Waals surface area (Å²) in [6, 6.07) is 3.68. The first kappa shape index (κ1) is 16.9. The van der Waals surface area contributed by atoms with Crippen molar-refractivity contribution in [2.45, 2.75) is 37.5 Å². The molecule has 0 spiro atoms. The highest BCUT2D eigenvalue weighted by Crippen LogP contribution is 2.30. The van der Waals surface area contributed by atoms with E-state index in [1.54, 1.807) is 17.8 Å². The van der Waals surface area contributed by atoms with Crippen LogP contribution in [0.1, 0.15) is 31.4 Å². The molecule has 0 bridgehead atoms. The molecular formula is C16H21N5O2S. The lowest BCUT2D eigenvalue weighted by atomic mass is 9.85. The lowest BCUT2D eigenvalue weighted by Gasteiger charge is -2.31. The molecule has 1 fully saturated rings. The molecule has 1 aliphatic carbocycles. The second-order valence-corrected chi connectivity index (χ2v) is 8.26. The molecule has 0 saturated heterocycles. The minimum absolute atomic E-state index is 0.170. The van der Waals surface area contributed by atoms with Crippen molar-refractivity contribution in [3.63, 3.8) is 0 Å². The van der Waals surface area contributed by atoms with Crippen LogP contribution < -0.4 is 0 Å². The monoisotopic (exact) mass is 347 g/mol. The molecule has 0 amide bonds. The lowest BCUT2D eigenvalue weighted by molar-refractivity contribution is 0.247. The molecule has 2 aromatic rings. The molecule has 0 aromatic carbocycles. The number of fused-ring (bicyclic) bond motifs is 1. The maximum absolute atomic E-state index is 13.0. The van der Waals surface area contributed by atoms with Crippen molar-refractivity contribution in [1.29, 1.82) is 5.26 Å². The highest BCUT2D eigenvalue weighted by molar-refractivity contribution is 7.89. The molecule has 24 heavy (non-hydrogen) atoms. The van der Waals surface area contributed by atoms with Crippen LogP contribution in [0.2, 0.25) is 0 Å². The van der Waals surface area contributed by atoms with Gasteiger partial charge in [0.1, 0.15) is 4.90 Å². The minimum atomic E-state index is -3.66. The van der Waals surface area contributed by atoms with Crippen molar-refractivity contribution in [3.8, 4) is 6.07 Å². The summed E-state index contributed by atoms with van der Waals surface area (Å²) in [6.45, 7) is 2.54. The zero-order valence-electron chi connectivity index (χ0n) is 13.9. The summed E-state index contributed by atoms with van der Waals surface area (Å²) in [4.78, 5) is 4.44. The van der Waals surface area contributed by atoms with Gasteiger partial charge in [-0.2, -0.15) is 14.7 Å². The van der Waals surface area contributed by atoms with E-state index in [2.05, 4.69) is 10.1 Å². The summed E-state index contributed by atoms with van der Waals surface area (Å²) in [5.41, 5.74) is 1.41. The molecule has 3 rings (SSSR count). The van der Waals surface area contributed by atoms with Crippen molar-refractivity contribution >= 4 is 21.1 Å². The molecule has 2 heterocycles. The van der Waals surface area contributed by atoms with Gasteiger partial charge in [0.2, 0.25) is 10.0 Å². The zero-order valence-corrected chi connectivity index (χ0v) is 14.8. The van der Waals surface area contributed by atoms with Gasteiger partial charge in [-0.05, 0) is 31.7 Å². The van der Waals surface area contributed by atoms with Gasteiger partial charge in [0, 0.05) is 38.1 Å². The Balaban J connectivity index is 1.96. The predicted molar refractivity (Wildman–Crippen MR) is 89.6 cm³/mol. The van der Waals surface area contributed by atoms with Gasteiger partial charge >= 0.3 is 0 Å². The number of nitriles is 1. The van der Waals surface area contributed by atoms with Crippen LogP contribution in [-0.4, -0.2) is 40.6 Å². The first-order valence-electron chi connectivity index (χ1n) is 8.10. The van der Waals surface area contributed by atoms with Crippen LogP contribution in [0, 0.1) is 24.2 Å². The van der Waals surface area contributed by atoms with Gasteiger partial charge in [-0.25, -0.2) is 13.4 Å². The van der Waals surface area contributed by atoms with E-state index >= 15 is 0 Å². The topological polar surface area (TPSA) is 91.9 Å². The Kier molecular flexibility index (Phi) is 4.56. The molecule has 1 saturated carbocycles. The lowest BCUT2D eigenvalue weighted by Crippen LogP contribution is -2.38. The van der Waals surface area contributed by atoms with E-state index in [1.807, 2.05) is 13.0 Å². The zero-order chi connectivity index (χ0) is 17.3. The average molecular weight is 347 g/mol. The van der Waals surface area contributed by atoms with Gasteiger partial charge in [-0.15, -0.1) is 0 Å². The molecule has 7 nitrogen and oxygen atoms in total. The molecule has 0 aliphatic heterocycles. The second kappa shape index (κ2) is 6.49. The molecular weight excluding hydrogens is 326 g/mol. The third kappa shape index (κ3) is 3.01. The number of aryl methyl sites for hydroxylation is 2. The Morgan fingerprint density at radius 1 is 1.46 bits per heavy atom. The summed E-state index contributed by atoms with van der Waals surface area (Å²) in [7, 11) is -1.88. The normalized spacial score (nSPS) is 15.6. The van der Waals surface area contributed by atoms with Crippen molar-refractivity contribution in [2.75, 3.05) is 13.1 Å². The fourth-order valence-corrected chi connectivity index (χ4v) is 4.52. The number of hydrogen-bond donors (Lipinski definition) is 0. The first-order chi connectivity index (χ1) is 11.4. The summed E-state index contributed by atoms with van der Waals surface area (Å²) < 4.78 is 29.1. The van der Waals surface area contributed by atoms with Crippen LogP contribution in [-0.2, 0) is 17.1 Å². The Morgan fingerprint density at radius 3 is 2.83 bits per heavy atom. The number of hydrogen-bond acceptors (Lipinski definition) is 5. The third-order valence-electron chi connectivity index (χ3n) is 4.64. The summed E-state index contributed by atoms with van der Waals surface area (Å²) in [5, 5.41) is 13.9. The van der Waals surface area contributed by atoms with Gasteiger partial charge in [0.05, 0.1) is 11.8 Å². The van der Waals surface area contributed by atoms with Gasteiger partial charge in [0.25, 0.3) is 0 Å². The van der Waals surface area contributed by atoms with Crippen molar-refractivity contribution in [3.05, 3.63) is 18.0 Å². The number of pyridine rings is 1. The Labute approximate surface area is 141 Å². The Morgan fingerprint density at radius 2 is 2.21 bits per heavy atom. The summed E-state index contributed by atoms with van der Waals surface area (Å²) >= 11 is 0. The molecule has 2 aromatic heterocycles. The fraction of sp³-hybridized carbons (Fsp3) is 0.562. The molecule has 1 aliphatic rings. The van der Waals surface area contributed by atoms with E-state index in [4.69, 9.17) is 5.26 Å². The first-order valence-corrected chi connectivity index (χ1v) is 9.54. The Bertz CT molecular complexity index is 893. The SMILES string of the molecule is Cc1nn(C)c2ncc(S(=O)(=O)N(CCC#N)CC3CCC3)cc12. The fourth-order valence-electron chi connectivity index (χ4n) is 3.03. The molecule has 0 atom stereocenters. The number of rotatable bonds is 6. The van der Waals surface area contributed by atoms with Crippen LogP contribution in [0.4, 0.5) is 0 Å². The Hall–Kier alpha value is -1.98. The maximum Gasteiger partial charge on any atom is 0.244 e. The van der Waals surface area contributed by atoms with Crippen LogP contribution in [0.3, 0.4) is 0 Å². The summed E-state index contributed by atoms with van der Waals surface area (Å²) in [6.07, 6.45) is 4.83. The van der Waals surface area contributed by atoms with Crippen LogP contribution >= 0.6 is 0 Å². The van der Waals surface area contributed by atoms with E-state index in [1.165, 1.54) is 10.5 Å². The minimum Gasteiger partial charge on any atom is -0.250 e. The van der Waals surface area contributed by atoms with Gasteiger partial charge < -0.3 is 0 Å². The maximum atomic E-state index is 13.0. The van der Waals surface area contributed by atoms with Gasteiger partial charge in [-0.1, -0.05) is 6.42 Å². The summed E-state index contributed by atoms with van der Waals surface area (Å²) in [5.74, 6) is 0.398. The van der Waals surface area contributed by atoms with Crippen LogP contribution in [0.15, 0.2) is 17.2 Å². The largest absolute Gasteiger partial charge is 0.250 e. The molecule has 128 valence electrons. The smallest absolute Gasteiger partial charge is 0.244 e. The molecule has 0 unspecified atom stereocenters. The second-order valence-electron chi connectivity index (χ2n) is 6.32. The standard InChI is InChI=1S/C16H21N5O2S/c1-12-15-9-14(10-18-16(15)20(2)19-12)24(22,23)21(8-4-7-17)11-13-5-3-6-13/h9-10,13H,3-6,8,11H2,1-2H3. The molecule has 0 radical (unpaired) electrons. The number of sulfonamides is 1. The molecule has 0 N–H and O–H groups in total. The van der Waals surface area contributed by atoms with Crippen LogP contribution in [0.25, 0.3) is 11.0 Å². The quantitative estimate of drug-likeness (QED) is 0.797. The van der Waals surface area contributed by atoms with Gasteiger partial charge in [0.15, 0.2) is 5.65 Å².